The highest BCUT2D eigenvalue weighted by Gasteiger charge is 2.66. The van der Waals surface area contributed by atoms with Gasteiger partial charge in [0.25, 0.3) is 11.5 Å². The zero-order valence-corrected chi connectivity index (χ0v) is 26.6. The standard InChI is InChI=1S/C33H38FN3O6Si/c1-20-30(44(4,5)34)28(17-29(39)37-18-22-10-7-6-9-21(22)15-24(37)19-38)43-33(20)25-16-23(12-13-26(25)35(2)32(33)41)36-14-8-11-27(42-3)31(36)40/h6-14,16,20,24,28,30,38H,15,17-19H2,1-5H3/t20-,24+,28+,30-,33+/m1/s1. The van der Waals surface area contributed by atoms with Crippen molar-refractivity contribution in [3.63, 3.8) is 0 Å². The van der Waals surface area contributed by atoms with Crippen LogP contribution in [0.25, 0.3) is 5.69 Å². The summed E-state index contributed by atoms with van der Waals surface area (Å²) < 4.78 is 29.6. The van der Waals surface area contributed by atoms with Gasteiger partial charge in [-0.05, 0) is 61.0 Å². The van der Waals surface area contributed by atoms with Crippen molar-refractivity contribution in [2.75, 3.05) is 25.7 Å². The monoisotopic (exact) mass is 619 g/mol. The molecule has 2 aromatic carbocycles. The first-order valence-electron chi connectivity index (χ1n) is 14.9. The van der Waals surface area contributed by atoms with Crippen LogP contribution in [0.4, 0.5) is 9.80 Å². The third-order valence-corrected chi connectivity index (χ3v) is 12.2. The number of methoxy groups -OCH3 is 1. The maximum absolute atomic E-state index is 16.3. The molecule has 0 saturated carbocycles. The molecule has 0 aliphatic carbocycles. The molecule has 2 amide bonds. The van der Waals surface area contributed by atoms with Crippen LogP contribution < -0.4 is 15.2 Å². The van der Waals surface area contributed by atoms with Crippen LogP contribution in [0.15, 0.2) is 65.6 Å². The normalized spacial score (nSPS) is 26.2. The Bertz CT molecular complexity index is 1690. The van der Waals surface area contributed by atoms with E-state index in [1.807, 2.05) is 31.2 Å². The topological polar surface area (TPSA) is 101 Å². The van der Waals surface area contributed by atoms with Crippen molar-refractivity contribution in [1.82, 2.24) is 9.47 Å². The summed E-state index contributed by atoms with van der Waals surface area (Å²) in [7, 11) is -0.417. The maximum Gasteiger partial charge on any atom is 0.297 e. The third-order valence-electron chi connectivity index (χ3n) is 9.75. The molecule has 1 fully saturated rings. The highest BCUT2D eigenvalue weighted by molar-refractivity contribution is 6.72. The second-order valence-corrected chi connectivity index (χ2v) is 16.4. The van der Waals surface area contributed by atoms with Gasteiger partial charge in [-0.25, -0.2) is 0 Å². The molecule has 9 nitrogen and oxygen atoms in total. The van der Waals surface area contributed by atoms with E-state index in [4.69, 9.17) is 9.47 Å². The Balaban J connectivity index is 1.39. The van der Waals surface area contributed by atoms with E-state index in [-0.39, 0.29) is 36.2 Å². The fraction of sp³-hybridized carbons (Fsp3) is 0.424. The van der Waals surface area contributed by atoms with Gasteiger partial charge in [-0.15, -0.1) is 0 Å². The van der Waals surface area contributed by atoms with Gasteiger partial charge in [0.15, 0.2) is 11.4 Å². The lowest BCUT2D eigenvalue weighted by Crippen LogP contribution is -2.48. The van der Waals surface area contributed by atoms with Crippen molar-refractivity contribution in [3.8, 4) is 11.4 Å². The number of hydrogen-bond acceptors (Lipinski definition) is 6. The number of rotatable bonds is 6. The fourth-order valence-electron chi connectivity index (χ4n) is 7.66. The summed E-state index contributed by atoms with van der Waals surface area (Å²) in [6.45, 7) is 5.18. The Labute approximate surface area is 257 Å². The zero-order valence-electron chi connectivity index (χ0n) is 25.6. The molecule has 44 heavy (non-hydrogen) atoms. The highest BCUT2D eigenvalue weighted by atomic mass is 28.4. The van der Waals surface area contributed by atoms with Crippen LogP contribution in [-0.2, 0) is 32.9 Å². The van der Waals surface area contributed by atoms with Crippen molar-refractivity contribution >= 4 is 25.9 Å². The van der Waals surface area contributed by atoms with Gasteiger partial charge >= 0.3 is 0 Å². The number of benzene rings is 2. The Morgan fingerprint density at radius 1 is 1.14 bits per heavy atom. The van der Waals surface area contributed by atoms with E-state index in [1.165, 1.54) is 16.6 Å². The van der Waals surface area contributed by atoms with Gasteiger partial charge in [0.05, 0.1) is 38.0 Å². The van der Waals surface area contributed by atoms with Crippen molar-refractivity contribution in [2.24, 2.45) is 5.92 Å². The number of carbonyl (C=O) groups excluding carboxylic acids is 2. The van der Waals surface area contributed by atoms with Crippen LogP contribution in [0.5, 0.6) is 5.75 Å². The van der Waals surface area contributed by atoms with Crippen molar-refractivity contribution in [1.29, 1.82) is 0 Å². The molecule has 11 heteroatoms. The number of likely N-dealkylation sites (N-methyl/N-ethyl adjacent to an activating group) is 1. The first kappa shape index (κ1) is 30.2. The van der Waals surface area contributed by atoms with Gasteiger partial charge in [0.2, 0.25) is 14.3 Å². The van der Waals surface area contributed by atoms with Gasteiger partial charge in [-0.2, -0.15) is 0 Å². The molecule has 3 aliphatic rings. The predicted octanol–water partition coefficient (Wildman–Crippen LogP) is 3.93. The smallest absolute Gasteiger partial charge is 0.297 e. The van der Waals surface area contributed by atoms with Gasteiger partial charge in [-0.1, -0.05) is 31.2 Å². The van der Waals surface area contributed by atoms with Crippen LogP contribution in [0.3, 0.4) is 0 Å². The Hall–Kier alpha value is -3.80. The Morgan fingerprint density at radius 2 is 1.86 bits per heavy atom. The lowest BCUT2D eigenvalue weighted by molar-refractivity contribution is -0.150. The van der Waals surface area contributed by atoms with E-state index in [2.05, 4.69) is 0 Å². The van der Waals surface area contributed by atoms with Crippen LogP contribution in [0.2, 0.25) is 18.6 Å². The zero-order chi connectivity index (χ0) is 31.6. The molecule has 1 spiro atoms. The number of aliphatic hydroxyl groups is 1. The molecular weight excluding hydrogens is 581 g/mol. The minimum Gasteiger partial charge on any atom is -0.491 e. The molecule has 5 atom stereocenters. The lowest BCUT2D eigenvalue weighted by Gasteiger charge is -2.37. The summed E-state index contributed by atoms with van der Waals surface area (Å²) in [6.07, 6.45) is 1.18. The molecule has 0 bridgehead atoms. The average Bonchev–Trinajstić information content (AvgIpc) is 3.42. The average molecular weight is 620 g/mol. The summed E-state index contributed by atoms with van der Waals surface area (Å²) >= 11 is 0. The molecule has 4 heterocycles. The number of ether oxygens (including phenoxy) is 2. The molecule has 1 aromatic heterocycles. The van der Waals surface area contributed by atoms with E-state index in [1.54, 1.807) is 61.6 Å². The first-order chi connectivity index (χ1) is 20.9. The molecule has 0 radical (unpaired) electrons. The van der Waals surface area contributed by atoms with E-state index >= 15 is 4.11 Å². The second kappa shape index (κ2) is 11.0. The SMILES string of the molecule is COc1cccn(-c2ccc3c(c2)[C@]2(O[C@@H](CC(=O)N4Cc5ccccc5C[C@H]4CO)[C@H]([Si](C)(C)F)[C@H]2C)C(=O)N3C)c1=O. The number of nitrogens with zero attached hydrogens (tertiary/aromatic N) is 3. The second-order valence-electron chi connectivity index (χ2n) is 12.6. The van der Waals surface area contributed by atoms with Crippen molar-refractivity contribution < 1.29 is 28.3 Å². The molecule has 3 aliphatic heterocycles. The number of fused-ring (bicyclic) bond motifs is 3. The summed E-state index contributed by atoms with van der Waals surface area (Å²) in [6, 6.07) is 16.0. The van der Waals surface area contributed by atoms with E-state index in [0.717, 1.165) is 11.1 Å². The molecule has 3 aromatic rings. The van der Waals surface area contributed by atoms with Crippen LogP contribution in [0.1, 0.15) is 30.0 Å². The van der Waals surface area contributed by atoms with Gasteiger partial charge < -0.3 is 28.5 Å². The van der Waals surface area contributed by atoms with E-state index in [0.29, 0.717) is 29.9 Å². The molecule has 1 saturated heterocycles. The number of carbonyl (C=O) groups is 2. The summed E-state index contributed by atoms with van der Waals surface area (Å²) in [5.41, 5.74) is 1.22. The minimum absolute atomic E-state index is 0.114. The lowest BCUT2D eigenvalue weighted by atomic mass is 9.82. The largest absolute Gasteiger partial charge is 0.491 e. The molecule has 6 rings (SSSR count). The predicted molar refractivity (Wildman–Crippen MR) is 166 cm³/mol. The number of halogens is 1. The fourth-order valence-corrected chi connectivity index (χ4v) is 10.1. The first-order valence-corrected chi connectivity index (χ1v) is 17.9. The van der Waals surface area contributed by atoms with Crippen molar-refractivity contribution in [3.05, 3.63) is 87.8 Å². The summed E-state index contributed by atoms with van der Waals surface area (Å²) in [5, 5.41) is 10.2. The third kappa shape index (κ3) is 4.60. The number of hydrogen-bond donors (Lipinski definition) is 1. The Kier molecular flexibility index (Phi) is 7.54. The number of aliphatic hydroxyl groups excluding tert-OH is 1. The van der Waals surface area contributed by atoms with E-state index in [9.17, 15) is 19.5 Å². The van der Waals surface area contributed by atoms with Crippen LogP contribution in [0, 0.1) is 5.92 Å². The molecule has 0 unspecified atom stereocenters. The molecular formula is C33H38FN3O6Si. The number of amides is 2. The highest BCUT2D eigenvalue weighted by Crippen LogP contribution is 2.60. The Morgan fingerprint density at radius 3 is 2.55 bits per heavy atom. The number of pyridine rings is 1. The molecule has 232 valence electrons. The maximum atomic E-state index is 16.3. The summed E-state index contributed by atoms with van der Waals surface area (Å²) in [5.74, 6) is -0.983. The number of anilines is 1. The quantitative estimate of drug-likeness (QED) is 0.332. The minimum atomic E-state index is -3.50. The van der Waals surface area contributed by atoms with E-state index < -0.39 is 37.6 Å². The summed E-state index contributed by atoms with van der Waals surface area (Å²) in [4.78, 5) is 44.3. The van der Waals surface area contributed by atoms with Crippen molar-refractivity contribution in [2.45, 2.75) is 62.7 Å². The van der Waals surface area contributed by atoms with Gasteiger partial charge in [0, 0.05) is 42.5 Å². The molecule has 1 N–H and O–H groups in total. The van der Waals surface area contributed by atoms with Gasteiger partial charge in [0.1, 0.15) is 0 Å². The van der Waals surface area contributed by atoms with Gasteiger partial charge in [-0.3, -0.25) is 19.0 Å². The van der Waals surface area contributed by atoms with Crippen LogP contribution in [-0.4, -0.2) is 67.7 Å². The van der Waals surface area contributed by atoms with Crippen LogP contribution >= 0.6 is 0 Å². The number of aromatic nitrogens is 1.